The second-order valence-electron chi connectivity index (χ2n) is 6.88. The number of imide groups is 1. The third-order valence-electron chi connectivity index (χ3n) is 4.19. The van der Waals surface area contributed by atoms with Gasteiger partial charge in [0.1, 0.15) is 35.1 Å². The zero-order chi connectivity index (χ0) is 21.7. The van der Waals surface area contributed by atoms with E-state index in [0.717, 1.165) is 5.69 Å². The minimum Gasteiger partial charge on any atom is -0.456 e. The quantitative estimate of drug-likeness (QED) is 0.641. The van der Waals surface area contributed by atoms with Crippen molar-refractivity contribution in [3.63, 3.8) is 0 Å². The number of carbonyl (C=O) groups is 2. The molecule has 3 heterocycles. The van der Waals surface area contributed by atoms with Gasteiger partial charge in [0.15, 0.2) is 0 Å². The Morgan fingerprint density at radius 1 is 1.10 bits per heavy atom. The first-order valence-corrected chi connectivity index (χ1v) is 9.05. The number of methoxy groups -OCH3 is 1. The van der Waals surface area contributed by atoms with Crippen molar-refractivity contribution in [1.82, 2.24) is 24.8 Å². The monoisotopic (exact) mass is 410 g/mol. The topological polar surface area (TPSA) is 120 Å². The SMILES string of the molecule is COC(C)(C)C(=O)NC(=O)Nc1ccc(Oc2ccnc(-n3cnc(C)c3)c2)cn1. The molecule has 0 aromatic carbocycles. The molecule has 3 aromatic rings. The smallest absolute Gasteiger partial charge is 0.327 e. The van der Waals surface area contributed by atoms with Crippen LogP contribution < -0.4 is 15.4 Å². The van der Waals surface area contributed by atoms with Gasteiger partial charge in [0.25, 0.3) is 5.91 Å². The van der Waals surface area contributed by atoms with E-state index < -0.39 is 17.5 Å². The normalized spacial score (nSPS) is 11.1. The van der Waals surface area contributed by atoms with Crippen molar-refractivity contribution in [1.29, 1.82) is 0 Å². The highest BCUT2D eigenvalue weighted by molar-refractivity contribution is 6.03. The van der Waals surface area contributed by atoms with Crippen LogP contribution in [0.3, 0.4) is 0 Å². The summed E-state index contributed by atoms with van der Waals surface area (Å²) in [5.41, 5.74) is -0.242. The summed E-state index contributed by atoms with van der Waals surface area (Å²) in [6.45, 7) is 5.00. The van der Waals surface area contributed by atoms with Crippen LogP contribution in [0.2, 0.25) is 0 Å². The van der Waals surface area contributed by atoms with E-state index in [1.54, 1.807) is 55.2 Å². The van der Waals surface area contributed by atoms with Crippen LogP contribution in [0, 0.1) is 6.92 Å². The number of nitrogens with zero attached hydrogens (tertiary/aromatic N) is 4. The zero-order valence-electron chi connectivity index (χ0n) is 17.0. The Hall–Kier alpha value is -3.79. The van der Waals surface area contributed by atoms with Gasteiger partial charge in [0, 0.05) is 25.6 Å². The zero-order valence-corrected chi connectivity index (χ0v) is 17.0. The molecule has 0 unspecified atom stereocenters. The van der Waals surface area contributed by atoms with E-state index in [1.807, 2.05) is 13.1 Å². The van der Waals surface area contributed by atoms with Gasteiger partial charge < -0.3 is 9.47 Å². The summed E-state index contributed by atoms with van der Waals surface area (Å²) in [4.78, 5) is 36.5. The van der Waals surface area contributed by atoms with Gasteiger partial charge in [-0.2, -0.15) is 0 Å². The van der Waals surface area contributed by atoms with Crippen molar-refractivity contribution >= 4 is 17.8 Å². The number of hydrogen-bond donors (Lipinski definition) is 2. The van der Waals surface area contributed by atoms with Crippen LogP contribution in [0.5, 0.6) is 11.5 Å². The molecule has 0 aliphatic heterocycles. The Balaban J connectivity index is 1.61. The summed E-state index contributed by atoms with van der Waals surface area (Å²) in [6.07, 6.45) is 6.62. The summed E-state index contributed by atoms with van der Waals surface area (Å²) >= 11 is 0. The van der Waals surface area contributed by atoms with Gasteiger partial charge in [-0.3, -0.25) is 20.0 Å². The maximum Gasteiger partial charge on any atom is 0.327 e. The number of anilines is 1. The number of aryl methyl sites for hydroxylation is 1. The van der Waals surface area contributed by atoms with Gasteiger partial charge in [-0.25, -0.2) is 19.7 Å². The molecular formula is C20H22N6O4. The van der Waals surface area contributed by atoms with Gasteiger partial charge in [-0.1, -0.05) is 0 Å². The summed E-state index contributed by atoms with van der Waals surface area (Å²) in [6, 6.07) is 5.98. The Morgan fingerprint density at radius 3 is 2.53 bits per heavy atom. The lowest BCUT2D eigenvalue weighted by molar-refractivity contribution is -0.138. The highest BCUT2D eigenvalue weighted by Crippen LogP contribution is 2.23. The minimum absolute atomic E-state index is 0.257. The summed E-state index contributed by atoms with van der Waals surface area (Å²) in [5.74, 6) is 1.39. The fourth-order valence-corrected chi connectivity index (χ4v) is 2.30. The molecular weight excluding hydrogens is 388 g/mol. The number of pyridine rings is 2. The first-order valence-electron chi connectivity index (χ1n) is 9.05. The van der Waals surface area contributed by atoms with Crippen molar-refractivity contribution in [3.05, 3.63) is 54.9 Å². The molecule has 10 heteroatoms. The van der Waals surface area contributed by atoms with E-state index in [-0.39, 0.29) is 5.82 Å². The minimum atomic E-state index is -1.12. The summed E-state index contributed by atoms with van der Waals surface area (Å²) < 4.78 is 12.6. The van der Waals surface area contributed by atoms with Crippen molar-refractivity contribution in [3.8, 4) is 17.3 Å². The van der Waals surface area contributed by atoms with Crippen LogP contribution in [-0.4, -0.2) is 44.2 Å². The molecule has 0 radical (unpaired) electrons. The number of amides is 3. The second-order valence-corrected chi connectivity index (χ2v) is 6.88. The molecule has 0 saturated heterocycles. The van der Waals surface area contributed by atoms with E-state index in [9.17, 15) is 9.59 Å². The molecule has 0 atom stereocenters. The van der Waals surface area contributed by atoms with Gasteiger partial charge in [-0.15, -0.1) is 0 Å². The molecule has 0 saturated carbocycles. The van der Waals surface area contributed by atoms with E-state index >= 15 is 0 Å². The largest absolute Gasteiger partial charge is 0.456 e. The standard InChI is InChI=1S/C20H22N6O4/c1-13-11-26(12-23-13)17-9-14(7-8-21-17)30-15-5-6-16(22-10-15)24-19(28)25-18(27)20(2,3)29-4/h5-12H,1-4H3,(H2,22,24,25,27,28). The number of imidazole rings is 1. The molecule has 3 rings (SSSR count). The van der Waals surface area contributed by atoms with Crippen LogP contribution in [0.1, 0.15) is 19.5 Å². The fourth-order valence-electron chi connectivity index (χ4n) is 2.30. The summed E-state index contributed by atoms with van der Waals surface area (Å²) in [7, 11) is 1.39. The van der Waals surface area contributed by atoms with E-state index in [1.165, 1.54) is 13.3 Å². The number of ether oxygens (including phenoxy) is 2. The molecule has 0 fully saturated rings. The maximum atomic E-state index is 12.0. The molecule has 156 valence electrons. The predicted octanol–water partition coefficient (Wildman–Crippen LogP) is 2.84. The third-order valence-corrected chi connectivity index (χ3v) is 4.19. The highest BCUT2D eigenvalue weighted by Gasteiger charge is 2.28. The lowest BCUT2D eigenvalue weighted by Crippen LogP contribution is -2.47. The van der Waals surface area contributed by atoms with Crippen LogP contribution in [0.4, 0.5) is 10.6 Å². The van der Waals surface area contributed by atoms with E-state index in [2.05, 4.69) is 25.6 Å². The molecule has 3 amide bonds. The van der Waals surface area contributed by atoms with Crippen molar-refractivity contribution in [2.45, 2.75) is 26.4 Å². The first kappa shape index (κ1) is 20.9. The number of hydrogen-bond acceptors (Lipinski definition) is 7. The second kappa shape index (κ2) is 8.70. The van der Waals surface area contributed by atoms with Gasteiger partial charge in [-0.05, 0) is 39.0 Å². The Bertz CT molecular complexity index is 1050. The lowest BCUT2D eigenvalue weighted by Gasteiger charge is -2.20. The fraction of sp³-hybridized carbons (Fsp3) is 0.250. The summed E-state index contributed by atoms with van der Waals surface area (Å²) in [5, 5.41) is 4.68. The first-order chi connectivity index (χ1) is 14.3. The predicted molar refractivity (Wildman–Crippen MR) is 109 cm³/mol. The molecule has 0 aliphatic rings. The number of aromatic nitrogens is 4. The van der Waals surface area contributed by atoms with Crippen molar-refractivity contribution in [2.24, 2.45) is 0 Å². The molecule has 0 bridgehead atoms. The van der Waals surface area contributed by atoms with Crippen molar-refractivity contribution in [2.75, 3.05) is 12.4 Å². The average Bonchev–Trinajstić information content (AvgIpc) is 3.16. The van der Waals surface area contributed by atoms with Gasteiger partial charge in [0.2, 0.25) is 0 Å². The Labute approximate surface area is 173 Å². The molecule has 30 heavy (non-hydrogen) atoms. The molecule has 2 N–H and O–H groups in total. The van der Waals surface area contributed by atoms with E-state index in [4.69, 9.17) is 9.47 Å². The Morgan fingerprint density at radius 2 is 1.90 bits per heavy atom. The Kier molecular flexibility index (Phi) is 6.07. The van der Waals surface area contributed by atoms with Crippen LogP contribution in [0.15, 0.2) is 49.2 Å². The van der Waals surface area contributed by atoms with Gasteiger partial charge in [0.05, 0.1) is 11.9 Å². The number of nitrogens with one attached hydrogen (secondary N) is 2. The molecule has 3 aromatic heterocycles. The van der Waals surface area contributed by atoms with Crippen LogP contribution >= 0.6 is 0 Å². The number of urea groups is 1. The van der Waals surface area contributed by atoms with Gasteiger partial charge >= 0.3 is 6.03 Å². The van der Waals surface area contributed by atoms with Crippen LogP contribution in [0.25, 0.3) is 5.82 Å². The average molecular weight is 410 g/mol. The molecule has 0 spiro atoms. The van der Waals surface area contributed by atoms with Crippen molar-refractivity contribution < 1.29 is 19.1 Å². The maximum absolute atomic E-state index is 12.0. The number of carbonyl (C=O) groups excluding carboxylic acids is 2. The molecule has 10 nitrogen and oxygen atoms in total. The highest BCUT2D eigenvalue weighted by atomic mass is 16.5. The lowest BCUT2D eigenvalue weighted by atomic mass is 10.1. The van der Waals surface area contributed by atoms with E-state index in [0.29, 0.717) is 17.3 Å². The number of rotatable bonds is 6. The van der Waals surface area contributed by atoms with Crippen LogP contribution in [-0.2, 0) is 9.53 Å². The third kappa shape index (κ3) is 5.17. The molecule has 0 aliphatic carbocycles.